The predicted octanol–water partition coefficient (Wildman–Crippen LogP) is 6.63. The fourth-order valence-corrected chi connectivity index (χ4v) is 3.08. The molecule has 0 radical (unpaired) electrons. The summed E-state index contributed by atoms with van der Waals surface area (Å²) < 4.78 is 0. The van der Waals surface area contributed by atoms with Gasteiger partial charge in [0.05, 0.1) is 5.38 Å². The van der Waals surface area contributed by atoms with Crippen molar-refractivity contribution in [2.75, 3.05) is 0 Å². The molecule has 106 valence electrons. The van der Waals surface area contributed by atoms with Crippen LogP contribution in [0.1, 0.15) is 90.4 Å². The van der Waals surface area contributed by atoms with Gasteiger partial charge in [-0.3, -0.25) is 0 Å². The van der Waals surface area contributed by atoms with E-state index < -0.39 is 0 Å². The summed E-state index contributed by atoms with van der Waals surface area (Å²) in [5.74, 6) is 0. The van der Waals surface area contributed by atoms with Gasteiger partial charge in [0.15, 0.2) is 0 Å². The molecule has 18 heavy (non-hydrogen) atoms. The van der Waals surface area contributed by atoms with Gasteiger partial charge in [-0.2, -0.15) is 0 Å². The van der Waals surface area contributed by atoms with Crippen molar-refractivity contribution in [1.29, 1.82) is 0 Å². The first-order valence-corrected chi connectivity index (χ1v) is 8.60. The molecule has 1 heteroatoms. The summed E-state index contributed by atoms with van der Waals surface area (Å²) in [6.45, 7) is 2.28. The molecule has 1 rings (SSSR count). The molecule has 0 aromatic carbocycles. The van der Waals surface area contributed by atoms with E-state index in [0.717, 1.165) is 0 Å². The summed E-state index contributed by atoms with van der Waals surface area (Å²) in [7, 11) is 0. The lowest BCUT2D eigenvalue weighted by molar-refractivity contribution is 0.555. The van der Waals surface area contributed by atoms with Crippen LogP contribution in [0.2, 0.25) is 0 Å². The van der Waals surface area contributed by atoms with E-state index in [1.807, 2.05) is 0 Å². The number of halogens is 1. The predicted molar refractivity (Wildman–Crippen MR) is 83.4 cm³/mol. The highest BCUT2D eigenvalue weighted by atomic mass is 35.5. The number of hydrogen-bond donors (Lipinski definition) is 0. The quantitative estimate of drug-likeness (QED) is 0.225. The van der Waals surface area contributed by atoms with E-state index in [9.17, 15) is 0 Å². The second-order valence-electron chi connectivity index (χ2n) is 5.81. The lowest BCUT2D eigenvalue weighted by atomic mass is 10.0. The second kappa shape index (κ2) is 10.9. The first kappa shape index (κ1) is 16.1. The van der Waals surface area contributed by atoms with Crippen LogP contribution in [0.3, 0.4) is 0 Å². The number of hydrogen-bond acceptors (Lipinski definition) is 0. The van der Waals surface area contributed by atoms with Crippen molar-refractivity contribution in [3.05, 3.63) is 11.6 Å². The highest BCUT2D eigenvalue weighted by molar-refractivity contribution is 6.22. The molecule has 1 aliphatic carbocycles. The zero-order chi connectivity index (χ0) is 13.1. The Morgan fingerprint density at radius 1 is 0.944 bits per heavy atom. The topological polar surface area (TPSA) is 0 Å². The molecule has 0 saturated carbocycles. The van der Waals surface area contributed by atoms with Crippen LogP contribution in [0.4, 0.5) is 0 Å². The Balaban J connectivity index is 1.77. The maximum atomic E-state index is 6.06. The molecule has 0 spiro atoms. The molecule has 1 aliphatic rings. The van der Waals surface area contributed by atoms with E-state index in [1.54, 1.807) is 5.57 Å². The van der Waals surface area contributed by atoms with Gasteiger partial charge in [-0.25, -0.2) is 0 Å². The molecule has 0 nitrogen and oxygen atoms in total. The Bertz CT molecular complexity index is 220. The number of unbranched alkanes of at least 4 members (excludes halogenated alkanes) is 9. The Labute approximate surface area is 119 Å². The van der Waals surface area contributed by atoms with Crippen LogP contribution in [0.5, 0.6) is 0 Å². The van der Waals surface area contributed by atoms with Crippen LogP contribution in [0.15, 0.2) is 11.6 Å². The molecular formula is C17H31Cl. The Hall–Kier alpha value is 0.0300. The number of alkyl halides is 1. The molecule has 0 amide bonds. The Kier molecular flexibility index (Phi) is 9.75. The smallest absolute Gasteiger partial charge is 0.0521 e. The van der Waals surface area contributed by atoms with Crippen molar-refractivity contribution in [3.63, 3.8) is 0 Å². The zero-order valence-electron chi connectivity index (χ0n) is 12.2. The van der Waals surface area contributed by atoms with Crippen molar-refractivity contribution in [2.24, 2.45) is 0 Å². The van der Waals surface area contributed by atoms with Gasteiger partial charge in [0.1, 0.15) is 0 Å². The summed E-state index contributed by atoms with van der Waals surface area (Å²) >= 11 is 6.06. The monoisotopic (exact) mass is 270 g/mol. The first-order valence-electron chi connectivity index (χ1n) is 8.16. The van der Waals surface area contributed by atoms with Gasteiger partial charge in [0.25, 0.3) is 0 Å². The van der Waals surface area contributed by atoms with Gasteiger partial charge < -0.3 is 0 Å². The average Bonchev–Trinajstić information content (AvgIpc) is 2.77. The summed E-state index contributed by atoms with van der Waals surface area (Å²) in [6.07, 6.45) is 20.3. The van der Waals surface area contributed by atoms with Crippen molar-refractivity contribution < 1.29 is 0 Å². The third-order valence-electron chi connectivity index (χ3n) is 4.01. The van der Waals surface area contributed by atoms with E-state index in [1.165, 1.54) is 83.5 Å². The van der Waals surface area contributed by atoms with Gasteiger partial charge in [-0.15, -0.1) is 11.6 Å². The van der Waals surface area contributed by atoms with E-state index >= 15 is 0 Å². The molecule has 0 aromatic heterocycles. The van der Waals surface area contributed by atoms with Crippen LogP contribution in [-0.4, -0.2) is 5.38 Å². The third kappa shape index (κ3) is 8.19. The minimum Gasteiger partial charge on any atom is -0.118 e. The van der Waals surface area contributed by atoms with E-state index in [2.05, 4.69) is 13.0 Å². The second-order valence-corrected chi connectivity index (χ2v) is 6.37. The highest BCUT2D eigenvalue weighted by Gasteiger charge is 2.11. The maximum Gasteiger partial charge on any atom is 0.0521 e. The molecule has 0 aliphatic heterocycles. The van der Waals surface area contributed by atoms with E-state index in [4.69, 9.17) is 11.6 Å². The Morgan fingerprint density at radius 2 is 1.50 bits per heavy atom. The van der Waals surface area contributed by atoms with Crippen molar-refractivity contribution >= 4 is 11.6 Å². The summed E-state index contributed by atoms with van der Waals surface area (Å²) in [5.41, 5.74) is 1.62. The largest absolute Gasteiger partial charge is 0.118 e. The SMILES string of the molecule is CCCCCCCCCCCCC1=CC(Cl)CC1. The van der Waals surface area contributed by atoms with Crippen LogP contribution in [-0.2, 0) is 0 Å². The summed E-state index contributed by atoms with van der Waals surface area (Å²) in [6, 6.07) is 0. The molecule has 0 bridgehead atoms. The molecule has 0 heterocycles. The molecular weight excluding hydrogens is 240 g/mol. The molecule has 0 fully saturated rings. The minimum absolute atomic E-state index is 0.336. The lowest BCUT2D eigenvalue weighted by Crippen LogP contribution is -1.83. The molecule has 1 atom stereocenters. The van der Waals surface area contributed by atoms with Gasteiger partial charge in [-0.1, -0.05) is 76.4 Å². The van der Waals surface area contributed by atoms with Gasteiger partial charge in [-0.05, 0) is 25.7 Å². The minimum atomic E-state index is 0.336. The standard InChI is InChI=1S/C17H31Cl/c1-2-3-4-5-6-7-8-9-10-11-12-16-13-14-17(18)15-16/h15,17H,2-14H2,1H3. The molecule has 0 aromatic rings. The molecule has 0 saturated heterocycles. The molecule has 0 N–H and O–H groups in total. The van der Waals surface area contributed by atoms with Gasteiger partial charge in [0.2, 0.25) is 0 Å². The Morgan fingerprint density at radius 3 is 2.00 bits per heavy atom. The first-order chi connectivity index (χ1) is 8.83. The summed E-state index contributed by atoms with van der Waals surface area (Å²) in [4.78, 5) is 0. The fourth-order valence-electron chi connectivity index (χ4n) is 2.79. The van der Waals surface area contributed by atoms with Crippen LogP contribution >= 0.6 is 11.6 Å². The lowest BCUT2D eigenvalue weighted by Gasteiger charge is -2.03. The molecule has 1 unspecified atom stereocenters. The van der Waals surface area contributed by atoms with E-state index in [0.29, 0.717) is 5.38 Å². The zero-order valence-corrected chi connectivity index (χ0v) is 13.0. The third-order valence-corrected chi connectivity index (χ3v) is 4.35. The normalized spacial score (nSPS) is 19.2. The van der Waals surface area contributed by atoms with Crippen LogP contribution in [0.25, 0.3) is 0 Å². The van der Waals surface area contributed by atoms with Gasteiger partial charge >= 0.3 is 0 Å². The van der Waals surface area contributed by atoms with Crippen molar-refractivity contribution in [1.82, 2.24) is 0 Å². The van der Waals surface area contributed by atoms with Crippen LogP contribution < -0.4 is 0 Å². The van der Waals surface area contributed by atoms with Crippen molar-refractivity contribution in [2.45, 2.75) is 95.8 Å². The van der Waals surface area contributed by atoms with Crippen molar-refractivity contribution in [3.8, 4) is 0 Å². The summed E-state index contributed by atoms with van der Waals surface area (Å²) in [5, 5.41) is 0.336. The van der Waals surface area contributed by atoms with E-state index in [-0.39, 0.29) is 0 Å². The number of allylic oxidation sites excluding steroid dienone is 2. The van der Waals surface area contributed by atoms with Crippen LogP contribution in [0, 0.1) is 0 Å². The number of rotatable bonds is 11. The fraction of sp³-hybridized carbons (Fsp3) is 0.882. The maximum absolute atomic E-state index is 6.06. The van der Waals surface area contributed by atoms with Gasteiger partial charge in [0, 0.05) is 0 Å². The average molecular weight is 271 g/mol. The highest BCUT2D eigenvalue weighted by Crippen LogP contribution is 2.26.